The fourth-order valence-electron chi connectivity index (χ4n) is 3.53. The van der Waals surface area contributed by atoms with E-state index in [1.807, 2.05) is 0 Å². The molecule has 0 unspecified atom stereocenters. The Morgan fingerprint density at radius 3 is 2.67 bits per heavy atom. The van der Waals surface area contributed by atoms with Gasteiger partial charge in [0.15, 0.2) is 0 Å². The molecule has 0 atom stereocenters. The number of nitrogens with zero attached hydrogens (tertiary/aromatic N) is 1. The van der Waals surface area contributed by atoms with Gasteiger partial charge in [0.05, 0.1) is 4.90 Å². The molecule has 2 aromatic carbocycles. The van der Waals surface area contributed by atoms with Gasteiger partial charge in [-0.1, -0.05) is 36.8 Å². The van der Waals surface area contributed by atoms with Gasteiger partial charge in [-0.25, -0.2) is 17.5 Å². The van der Waals surface area contributed by atoms with E-state index in [1.165, 1.54) is 23.3 Å². The highest BCUT2D eigenvalue weighted by atomic mass is 32.2. The molecule has 1 heterocycles. The van der Waals surface area contributed by atoms with Crippen LogP contribution in [0.15, 0.2) is 47.4 Å². The first-order chi connectivity index (χ1) is 13.0. The second kappa shape index (κ2) is 8.95. The van der Waals surface area contributed by atoms with Crippen molar-refractivity contribution in [3.05, 3.63) is 65.0 Å². The lowest BCUT2D eigenvalue weighted by molar-refractivity contribution is 0.248. The highest BCUT2D eigenvalue weighted by Gasteiger charge is 2.17. The number of fused-ring (bicyclic) bond motifs is 1. The zero-order valence-corrected chi connectivity index (χ0v) is 16.6. The van der Waals surface area contributed by atoms with E-state index in [9.17, 15) is 12.8 Å². The average Bonchev–Trinajstić information content (AvgIpc) is 2.66. The maximum Gasteiger partial charge on any atom is 0.240 e. The summed E-state index contributed by atoms with van der Waals surface area (Å²) < 4.78 is 40.6. The van der Waals surface area contributed by atoms with Crippen LogP contribution in [0, 0.1) is 12.7 Å². The normalized spacial score (nSPS) is 14.9. The van der Waals surface area contributed by atoms with Crippen molar-refractivity contribution in [3.63, 3.8) is 0 Å². The van der Waals surface area contributed by atoms with Crippen molar-refractivity contribution in [3.8, 4) is 0 Å². The van der Waals surface area contributed by atoms with Crippen LogP contribution in [-0.4, -0.2) is 33.0 Å². The molecular weight excluding hydrogens is 363 g/mol. The Bertz CT molecular complexity index is 884. The Kier molecular flexibility index (Phi) is 6.63. The number of halogens is 1. The molecule has 0 bridgehead atoms. The number of benzene rings is 2. The zero-order chi connectivity index (χ0) is 19.3. The van der Waals surface area contributed by atoms with E-state index in [0.29, 0.717) is 12.1 Å². The lowest BCUT2D eigenvalue weighted by Gasteiger charge is -2.28. The van der Waals surface area contributed by atoms with Gasteiger partial charge >= 0.3 is 0 Å². The molecule has 27 heavy (non-hydrogen) atoms. The Labute approximate surface area is 161 Å². The first kappa shape index (κ1) is 20.0. The molecule has 0 spiro atoms. The van der Waals surface area contributed by atoms with Crippen molar-refractivity contribution in [2.45, 2.75) is 44.0 Å². The van der Waals surface area contributed by atoms with Crippen molar-refractivity contribution < 1.29 is 12.8 Å². The minimum Gasteiger partial charge on any atom is -0.299 e. The predicted octanol–water partition coefficient (Wildman–Crippen LogP) is 3.64. The van der Waals surface area contributed by atoms with Gasteiger partial charge < -0.3 is 0 Å². The zero-order valence-electron chi connectivity index (χ0n) is 15.7. The maximum atomic E-state index is 13.3. The Balaban J connectivity index is 1.38. The predicted molar refractivity (Wildman–Crippen MR) is 106 cm³/mol. The molecular formula is C21H27FN2O2S. The summed E-state index contributed by atoms with van der Waals surface area (Å²) in [5, 5.41) is 0. The third-order valence-electron chi connectivity index (χ3n) is 5.09. The van der Waals surface area contributed by atoms with Gasteiger partial charge in [0.2, 0.25) is 10.0 Å². The molecule has 1 N–H and O–H groups in total. The van der Waals surface area contributed by atoms with Gasteiger partial charge in [0.25, 0.3) is 0 Å². The molecule has 0 saturated carbocycles. The largest absolute Gasteiger partial charge is 0.299 e. The van der Waals surface area contributed by atoms with E-state index < -0.39 is 15.8 Å². The van der Waals surface area contributed by atoms with Crippen LogP contribution in [-0.2, 0) is 23.0 Å². The van der Waals surface area contributed by atoms with Crippen LogP contribution in [0.2, 0.25) is 0 Å². The van der Waals surface area contributed by atoms with E-state index in [1.54, 1.807) is 6.92 Å². The third-order valence-corrected chi connectivity index (χ3v) is 6.70. The molecule has 0 saturated heterocycles. The monoisotopic (exact) mass is 390 g/mol. The number of hydrogen-bond donors (Lipinski definition) is 1. The summed E-state index contributed by atoms with van der Waals surface area (Å²) in [5.41, 5.74) is 3.42. The summed E-state index contributed by atoms with van der Waals surface area (Å²) >= 11 is 0. The molecule has 0 aromatic heterocycles. The number of nitrogens with one attached hydrogen (secondary N) is 1. The molecule has 1 aliphatic rings. The molecule has 1 aliphatic heterocycles. The van der Waals surface area contributed by atoms with Crippen LogP contribution in [0.25, 0.3) is 0 Å². The minimum atomic E-state index is -3.65. The fraction of sp³-hybridized carbons (Fsp3) is 0.429. The molecule has 0 amide bonds. The lowest BCUT2D eigenvalue weighted by atomic mass is 10.00. The summed E-state index contributed by atoms with van der Waals surface area (Å²) in [6, 6.07) is 12.4. The van der Waals surface area contributed by atoms with Crippen LogP contribution in [0.5, 0.6) is 0 Å². The van der Waals surface area contributed by atoms with Crippen molar-refractivity contribution in [1.29, 1.82) is 0 Å². The third kappa shape index (κ3) is 5.37. The number of unbranched alkanes of at least 4 members (excludes halogenated alkanes) is 2. The topological polar surface area (TPSA) is 49.4 Å². The summed E-state index contributed by atoms with van der Waals surface area (Å²) in [5.74, 6) is -0.538. The van der Waals surface area contributed by atoms with E-state index in [4.69, 9.17) is 0 Å². The molecule has 146 valence electrons. The molecule has 2 aromatic rings. The van der Waals surface area contributed by atoms with E-state index in [0.717, 1.165) is 51.4 Å². The van der Waals surface area contributed by atoms with Gasteiger partial charge in [-0.05, 0) is 61.6 Å². The molecule has 0 radical (unpaired) electrons. The van der Waals surface area contributed by atoms with Gasteiger partial charge in [-0.2, -0.15) is 0 Å². The molecule has 6 heteroatoms. The van der Waals surface area contributed by atoms with Crippen LogP contribution in [0.4, 0.5) is 4.39 Å². The van der Waals surface area contributed by atoms with E-state index in [2.05, 4.69) is 33.9 Å². The first-order valence-corrected chi connectivity index (χ1v) is 11.0. The molecule has 0 fully saturated rings. The van der Waals surface area contributed by atoms with Crippen molar-refractivity contribution in [2.75, 3.05) is 19.6 Å². The molecule has 0 aliphatic carbocycles. The lowest BCUT2D eigenvalue weighted by Crippen LogP contribution is -2.31. The van der Waals surface area contributed by atoms with Crippen molar-refractivity contribution in [1.82, 2.24) is 9.62 Å². The van der Waals surface area contributed by atoms with Gasteiger partial charge in [-0.15, -0.1) is 0 Å². The quantitative estimate of drug-likeness (QED) is 0.700. The Morgan fingerprint density at radius 2 is 1.85 bits per heavy atom. The van der Waals surface area contributed by atoms with Gasteiger partial charge in [0, 0.05) is 19.6 Å². The van der Waals surface area contributed by atoms with Crippen LogP contribution >= 0.6 is 0 Å². The van der Waals surface area contributed by atoms with Crippen LogP contribution in [0.1, 0.15) is 36.0 Å². The summed E-state index contributed by atoms with van der Waals surface area (Å²) in [7, 11) is -3.65. The van der Waals surface area contributed by atoms with Gasteiger partial charge in [0.1, 0.15) is 5.82 Å². The first-order valence-electron chi connectivity index (χ1n) is 9.51. The highest BCUT2D eigenvalue weighted by molar-refractivity contribution is 7.89. The molecule has 3 rings (SSSR count). The number of aryl methyl sites for hydroxylation is 1. The Morgan fingerprint density at radius 1 is 1.07 bits per heavy atom. The SMILES string of the molecule is Cc1ccc(F)cc1S(=O)(=O)NCCCCCN1CCc2ccccc2C1. The summed E-state index contributed by atoms with van der Waals surface area (Å²) in [6.07, 6.45) is 3.88. The number of hydrogen-bond acceptors (Lipinski definition) is 3. The minimum absolute atomic E-state index is 0.0227. The number of sulfonamides is 1. The second-order valence-electron chi connectivity index (χ2n) is 7.16. The summed E-state index contributed by atoms with van der Waals surface area (Å²) in [4.78, 5) is 2.48. The second-order valence-corrected chi connectivity index (χ2v) is 8.90. The van der Waals surface area contributed by atoms with Crippen LogP contribution in [0.3, 0.4) is 0 Å². The van der Waals surface area contributed by atoms with E-state index >= 15 is 0 Å². The standard InChI is InChI=1S/C21H27FN2O2S/c1-17-9-10-20(22)15-21(17)27(25,26)23-12-5-2-6-13-24-14-11-18-7-3-4-8-19(18)16-24/h3-4,7-10,15,23H,2,5-6,11-14,16H2,1H3. The molecule has 4 nitrogen and oxygen atoms in total. The maximum absolute atomic E-state index is 13.3. The van der Waals surface area contributed by atoms with Crippen molar-refractivity contribution in [2.24, 2.45) is 0 Å². The average molecular weight is 391 g/mol. The van der Waals surface area contributed by atoms with E-state index in [-0.39, 0.29) is 4.90 Å². The Hall–Kier alpha value is -1.76. The number of rotatable bonds is 8. The van der Waals surface area contributed by atoms with Crippen LogP contribution < -0.4 is 4.72 Å². The summed E-state index contributed by atoms with van der Waals surface area (Å²) in [6.45, 7) is 5.17. The van der Waals surface area contributed by atoms with Crippen molar-refractivity contribution >= 4 is 10.0 Å². The smallest absolute Gasteiger partial charge is 0.240 e. The highest BCUT2D eigenvalue weighted by Crippen LogP contribution is 2.19. The van der Waals surface area contributed by atoms with Gasteiger partial charge in [-0.3, -0.25) is 4.90 Å². The fourth-order valence-corrected chi connectivity index (χ4v) is 4.86.